The van der Waals surface area contributed by atoms with E-state index < -0.39 is 0 Å². The molecule has 1 amide bonds. The van der Waals surface area contributed by atoms with E-state index in [0.29, 0.717) is 22.3 Å². The number of carbonyl (C=O) groups excluding carboxylic acids is 1. The summed E-state index contributed by atoms with van der Waals surface area (Å²) in [5.41, 5.74) is 1.45. The van der Waals surface area contributed by atoms with Crippen LogP contribution in [0.5, 0.6) is 0 Å². The molecular weight excluding hydrogens is 298 g/mol. The Labute approximate surface area is 135 Å². The predicted molar refractivity (Wildman–Crippen MR) is 91.6 cm³/mol. The Balaban J connectivity index is 1.92. The summed E-state index contributed by atoms with van der Waals surface area (Å²) >= 11 is 5.88. The SMILES string of the molecule is CC(C)CCNc1ccc(NC(=O)c2cccc(Cl)c2)nc1. The van der Waals surface area contributed by atoms with E-state index in [9.17, 15) is 4.79 Å². The first kappa shape index (κ1) is 16.3. The van der Waals surface area contributed by atoms with E-state index in [1.165, 1.54) is 0 Å². The molecule has 1 heterocycles. The number of rotatable bonds is 6. The Bertz CT molecular complexity index is 626. The summed E-state index contributed by atoms with van der Waals surface area (Å²) in [5, 5.41) is 6.59. The summed E-state index contributed by atoms with van der Waals surface area (Å²) in [4.78, 5) is 16.3. The molecule has 0 atom stereocenters. The van der Waals surface area contributed by atoms with E-state index in [0.717, 1.165) is 18.7 Å². The molecule has 116 valence electrons. The van der Waals surface area contributed by atoms with E-state index >= 15 is 0 Å². The van der Waals surface area contributed by atoms with Crippen LogP contribution >= 0.6 is 11.6 Å². The van der Waals surface area contributed by atoms with Crippen LogP contribution < -0.4 is 10.6 Å². The Morgan fingerprint density at radius 3 is 2.73 bits per heavy atom. The third kappa shape index (κ3) is 5.04. The average molecular weight is 318 g/mol. The van der Waals surface area contributed by atoms with E-state index in [2.05, 4.69) is 29.5 Å². The molecule has 0 unspecified atom stereocenters. The second-order valence-corrected chi connectivity index (χ2v) is 5.94. The quantitative estimate of drug-likeness (QED) is 0.827. The average Bonchev–Trinajstić information content (AvgIpc) is 2.48. The summed E-state index contributed by atoms with van der Waals surface area (Å²) in [6, 6.07) is 10.5. The van der Waals surface area contributed by atoms with Crippen molar-refractivity contribution in [2.24, 2.45) is 5.92 Å². The van der Waals surface area contributed by atoms with Gasteiger partial charge in [-0.15, -0.1) is 0 Å². The lowest BCUT2D eigenvalue weighted by Crippen LogP contribution is -2.13. The molecule has 2 N–H and O–H groups in total. The van der Waals surface area contributed by atoms with Crippen molar-refractivity contribution in [1.82, 2.24) is 4.98 Å². The van der Waals surface area contributed by atoms with Gasteiger partial charge in [0, 0.05) is 17.1 Å². The molecule has 0 saturated heterocycles. The van der Waals surface area contributed by atoms with E-state index in [1.807, 2.05) is 6.07 Å². The van der Waals surface area contributed by atoms with Gasteiger partial charge in [-0.25, -0.2) is 4.98 Å². The number of hydrogen-bond acceptors (Lipinski definition) is 3. The summed E-state index contributed by atoms with van der Waals surface area (Å²) in [6.07, 6.45) is 2.82. The molecule has 5 heteroatoms. The lowest BCUT2D eigenvalue weighted by Gasteiger charge is -2.09. The van der Waals surface area contributed by atoms with Crippen LogP contribution in [-0.2, 0) is 0 Å². The van der Waals surface area contributed by atoms with Gasteiger partial charge in [-0.1, -0.05) is 31.5 Å². The molecule has 0 aliphatic heterocycles. The maximum atomic E-state index is 12.1. The van der Waals surface area contributed by atoms with Crippen molar-refractivity contribution in [2.45, 2.75) is 20.3 Å². The zero-order valence-electron chi connectivity index (χ0n) is 12.8. The second kappa shape index (κ2) is 7.80. The second-order valence-electron chi connectivity index (χ2n) is 5.51. The molecule has 22 heavy (non-hydrogen) atoms. The molecule has 0 bridgehead atoms. The first-order valence-electron chi connectivity index (χ1n) is 7.31. The van der Waals surface area contributed by atoms with Gasteiger partial charge in [-0.3, -0.25) is 4.79 Å². The van der Waals surface area contributed by atoms with Gasteiger partial charge in [0.2, 0.25) is 0 Å². The van der Waals surface area contributed by atoms with Crippen LogP contribution in [0.1, 0.15) is 30.6 Å². The third-order valence-electron chi connectivity index (χ3n) is 3.14. The maximum Gasteiger partial charge on any atom is 0.256 e. The minimum absolute atomic E-state index is 0.226. The molecule has 0 aliphatic carbocycles. The van der Waals surface area contributed by atoms with Crippen molar-refractivity contribution in [1.29, 1.82) is 0 Å². The Hall–Kier alpha value is -2.07. The van der Waals surface area contributed by atoms with Gasteiger partial charge in [0.1, 0.15) is 5.82 Å². The number of hydrogen-bond donors (Lipinski definition) is 2. The highest BCUT2D eigenvalue weighted by molar-refractivity contribution is 6.31. The lowest BCUT2D eigenvalue weighted by molar-refractivity contribution is 0.102. The normalized spacial score (nSPS) is 10.5. The van der Waals surface area contributed by atoms with Crippen LogP contribution in [0, 0.1) is 5.92 Å². The Kier molecular flexibility index (Phi) is 5.78. The molecule has 0 spiro atoms. The Morgan fingerprint density at radius 2 is 2.09 bits per heavy atom. The summed E-state index contributed by atoms with van der Waals surface area (Å²) < 4.78 is 0. The zero-order chi connectivity index (χ0) is 15.9. The molecular formula is C17H20ClN3O. The third-order valence-corrected chi connectivity index (χ3v) is 3.38. The fourth-order valence-electron chi connectivity index (χ4n) is 1.90. The largest absolute Gasteiger partial charge is 0.384 e. The van der Waals surface area contributed by atoms with Crippen LogP contribution in [-0.4, -0.2) is 17.4 Å². The van der Waals surface area contributed by atoms with Crippen molar-refractivity contribution in [2.75, 3.05) is 17.2 Å². The highest BCUT2D eigenvalue weighted by Gasteiger charge is 2.07. The number of aromatic nitrogens is 1. The van der Waals surface area contributed by atoms with Gasteiger partial charge in [0.15, 0.2) is 0 Å². The van der Waals surface area contributed by atoms with Gasteiger partial charge < -0.3 is 10.6 Å². The molecule has 0 fully saturated rings. The maximum absolute atomic E-state index is 12.1. The standard InChI is InChI=1S/C17H20ClN3O/c1-12(2)8-9-19-15-6-7-16(20-11-15)21-17(22)13-4-3-5-14(18)10-13/h3-7,10-12,19H,8-9H2,1-2H3,(H,20,21,22). The van der Waals surface area contributed by atoms with Crippen LogP contribution in [0.15, 0.2) is 42.6 Å². The first-order chi connectivity index (χ1) is 10.5. The minimum Gasteiger partial charge on any atom is -0.384 e. The number of anilines is 2. The van der Waals surface area contributed by atoms with Crippen molar-refractivity contribution in [3.05, 3.63) is 53.2 Å². The summed E-state index contributed by atoms with van der Waals surface area (Å²) in [6.45, 7) is 5.29. The molecule has 1 aromatic heterocycles. The van der Waals surface area contributed by atoms with Crippen molar-refractivity contribution < 1.29 is 4.79 Å². The van der Waals surface area contributed by atoms with Gasteiger partial charge in [-0.05, 0) is 42.7 Å². The van der Waals surface area contributed by atoms with Gasteiger partial charge >= 0.3 is 0 Å². The highest BCUT2D eigenvalue weighted by Crippen LogP contribution is 2.14. The molecule has 0 saturated carbocycles. The molecule has 0 radical (unpaired) electrons. The Morgan fingerprint density at radius 1 is 1.27 bits per heavy atom. The van der Waals surface area contributed by atoms with Crippen LogP contribution in [0.25, 0.3) is 0 Å². The number of carbonyl (C=O) groups is 1. The number of nitrogens with one attached hydrogen (secondary N) is 2. The molecule has 2 aromatic rings. The minimum atomic E-state index is -0.226. The van der Waals surface area contributed by atoms with Crippen molar-refractivity contribution in [3.8, 4) is 0 Å². The predicted octanol–water partition coefficient (Wildman–Crippen LogP) is 4.45. The lowest BCUT2D eigenvalue weighted by atomic mass is 10.1. The molecule has 1 aromatic carbocycles. The van der Waals surface area contributed by atoms with E-state index in [4.69, 9.17) is 11.6 Å². The molecule has 2 rings (SSSR count). The fraction of sp³-hybridized carbons (Fsp3) is 0.294. The number of halogens is 1. The van der Waals surface area contributed by atoms with Crippen LogP contribution in [0.4, 0.5) is 11.5 Å². The summed E-state index contributed by atoms with van der Waals surface area (Å²) in [7, 11) is 0. The molecule has 4 nitrogen and oxygen atoms in total. The van der Waals surface area contributed by atoms with Gasteiger partial charge in [0.05, 0.1) is 11.9 Å². The number of benzene rings is 1. The number of nitrogens with zero attached hydrogens (tertiary/aromatic N) is 1. The monoisotopic (exact) mass is 317 g/mol. The fourth-order valence-corrected chi connectivity index (χ4v) is 2.09. The van der Waals surface area contributed by atoms with Crippen LogP contribution in [0.2, 0.25) is 5.02 Å². The van der Waals surface area contributed by atoms with E-state index in [-0.39, 0.29) is 5.91 Å². The van der Waals surface area contributed by atoms with E-state index in [1.54, 1.807) is 36.5 Å². The summed E-state index contributed by atoms with van der Waals surface area (Å²) in [5.74, 6) is 0.951. The van der Waals surface area contributed by atoms with Crippen molar-refractivity contribution in [3.63, 3.8) is 0 Å². The number of pyridine rings is 1. The van der Waals surface area contributed by atoms with Gasteiger partial charge in [-0.2, -0.15) is 0 Å². The van der Waals surface area contributed by atoms with Gasteiger partial charge in [0.25, 0.3) is 5.91 Å². The van der Waals surface area contributed by atoms with Crippen molar-refractivity contribution >= 4 is 29.0 Å². The number of amides is 1. The topological polar surface area (TPSA) is 54.0 Å². The first-order valence-corrected chi connectivity index (χ1v) is 7.69. The molecule has 0 aliphatic rings. The highest BCUT2D eigenvalue weighted by atomic mass is 35.5. The zero-order valence-corrected chi connectivity index (χ0v) is 13.5. The smallest absolute Gasteiger partial charge is 0.256 e. The van der Waals surface area contributed by atoms with Crippen LogP contribution in [0.3, 0.4) is 0 Å².